The van der Waals surface area contributed by atoms with Crippen LogP contribution in [0.1, 0.15) is 162 Å². The van der Waals surface area contributed by atoms with Crippen molar-refractivity contribution >= 4 is 93.0 Å². The Morgan fingerprint density at radius 2 is 0.891 bits per heavy atom. The number of carbonyl (C=O) groups excluding carboxylic acids is 4. The number of Topliss-reactive ketones (excluding diaryl/α,β-unsaturated/α-hetero) is 2. The zero-order valence-electron chi connectivity index (χ0n) is 60.1. The number of ketones is 2. The van der Waals surface area contributed by atoms with Crippen LogP contribution in [0.15, 0.2) is 86.0 Å². The summed E-state index contributed by atoms with van der Waals surface area (Å²) in [7, 11) is 0. The number of aromatic nitrogens is 12. The molecule has 6 N–H and O–H groups in total. The third-order valence-corrected chi connectivity index (χ3v) is 20.1. The number of imidazole rings is 2. The molecule has 12 rings (SSSR count). The predicted octanol–water partition coefficient (Wildman–Crippen LogP) is 13.8. The van der Waals surface area contributed by atoms with Crippen LogP contribution in [0.4, 0.5) is 76.0 Å². The summed E-state index contributed by atoms with van der Waals surface area (Å²) in [5.41, 5.74) is 8.80. The fourth-order valence-electron chi connectivity index (χ4n) is 14.1. The first kappa shape index (κ1) is 84.9. The Balaban J connectivity index is 0.000000224. The highest BCUT2D eigenvalue weighted by Crippen LogP contribution is 2.39. The largest absolute Gasteiger partial charge is 0.451 e. The van der Waals surface area contributed by atoms with Gasteiger partial charge in [0, 0.05) is 96.7 Å². The molecule has 4 aliphatic heterocycles. The van der Waals surface area contributed by atoms with Gasteiger partial charge in [-0.1, -0.05) is 35.9 Å². The third-order valence-electron chi connectivity index (χ3n) is 19.8. The number of hydrogen-bond acceptors (Lipinski definition) is 19. The lowest BCUT2D eigenvalue weighted by atomic mass is 9.91. The Labute approximate surface area is 637 Å². The van der Waals surface area contributed by atoms with Crippen molar-refractivity contribution in [2.45, 2.75) is 178 Å². The molecule has 4 fully saturated rings. The van der Waals surface area contributed by atoms with E-state index in [1.807, 2.05) is 9.80 Å². The van der Waals surface area contributed by atoms with E-state index in [9.17, 15) is 71.9 Å². The van der Waals surface area contributed by atoms with Crippen LogP contribution in [0.25, 0.3) is 22.3 Å². The lowest BCUT2D eigenvalue weighted by Gasteiger charge is -2.34. The number of nitrogens with two attached hydrogens (primary N) is 1. The maximum absolute atomic E-state index is 14.0. The number of hydrogen-bond donors (Lipinski definition) is 5. The number of halogens is 14. The van der Waals surface area contributed by atoms with Crippen molar-refractivity contribution < 1.29 is 71.9 Å². The van der Waals surface area contributed by atoms with E-state index in [2.05, 4.69) is 70.4 Å². The molecule has 10 heterocycles. The standard InChI is InChI=1S/C37H43F6N9O2.C31H40F6N6O2.C5H3ClN4.ClH/c38-36(39,40)26-13-11-24(12-14-26)5-1-9-29(53)28-8-4-18-52(28)31-21-30(49-35(50-31)37(41,42)43)51-19-15-25(16-20-51)6-2-10-32(54)44-17-3-7-27-33-34(47-22-45-27)48-23-46-33;32-30(33,34)23-11-9-21(10-12-23)4-1-7-25(44)24-6-3-17-43(24)27-20-26(40-29(41-27)31(35,36)37)42-18-13-22(14-19-42)5-2-8-28(45)39-16-15-38;6-4-3-5(9-1-7-3)10-2-8-4;/h11-14,21-23,25,28H,1-10,15-20H2,(H,44,54)(H,45,46,47,48);9-12,20,22,24H,1-8,13-19,38H2,(H,39,45);1-2H,(H,7,8,9,10);1H/t28-;24-;;/m00../s1. The van der Waals surface area contributed by atoms with Gasteiger partial charge in [0.2, 0.25) is 23.5 Å². The molecule has 4 aliphatic rings. The monoisotopic (exact) mass is 1590 g/mol. The second kappa shape index (κ2) is 39.2. The van der Waals surface area contributed by atoms with E-state index in [0.717, 1.165) is 86.8 Å². The maximum Gasteiger partial charge on any atom is 0.451 e. The highest BCUT2D eigenvalue weighted by atomic mass is 35.5. The number of anilines is 4. The summed E-state index contributed by atoms with van der Waals surface area (Å²) in [6, 6.07) is 11.4. The van der Waals surface area contributed by atoms with Crippen LogP contribution in [-0.2, 0) is 63.1 Å². The second-order valence-electron chi connectivity index (χ2n) is 27.5. The average Bonchev–Trinajstić information content (AvgIpc) is 1.40. The number of piperidine rings is 2. The summed E-state index contributed by atoms with van der Waals surface area (Å²) in [6.07, 6.45) is -0.0313. The SMILES string of the molecule is Cl.Clc1ncnc2nc[nH]c12.NCCNC(=O)CCCC1CCN(c2cc(N3CCC[C@H]3C(=O)CCCc3ccc(C(F)(F)F)cc3)nc(C(F)(F)F)n2)CC1.O=C(CCCC1CCN(c2cc(N3CCC[C@H]3C(=O)CCCc3ccc(C(F)(F)F)cc3)nc(C(F)(F)F)n2)CC1)NCCCc1ncnc2nc[nH]c12. The molecule has 2 atom stereocenters. The Morgan fingerprint density at radius 1 is 0.473 bits per heavy atom. The molecule has 0 spiro atoms. The Hall–Kier alpha value is -9.12. The first-order chi connectivity index (χ1) is 52.1. The molecule has 0 radical (unpaired) electrons. The van der Waals surface area contributed by atoms with Gasteiger partial charge in [-0.05, 0) is 163 Å². The van der Waals surface area contributed by atoms with Crippen LogP contribution in [0.2, 0.25) is 5.15 Å². The van der Waals surface area contributed by atoms with Crippen LogP contribution in [-0.4, -0.2) is 154 Å². The number of alkyl halides is 12. The minimum Gasteiger partial charge on any atom is -0.356 e. The van der Waals surface area contributed by atoms with E-state index in [0.29, 0.717) is 181 Å². The number of nitrogens with zero attached hydrogens (tertiary/aromatic N) is 14. The van der Waals surface area contributed by atoms with Gasteiger partial charge in [-0.2, -0.15) is 52.7 Å². The van der Waals surface area contributed by atoms with E-state index in [1.165, 1.54) is 55.4 Å². The highest BCUT2D eigenvalue weighted by Gasteiger charge is 2.41. The fourth-order valence-corrected chi connectivity index (χ4v) is 14.3. The van der Waals surface area contributed by atoms with Gasteiger partial charge in [0.25, 0.3) is 0 Å². The van der Waals surface area contributed by atoms with Gasteiger partial charge in [0.15, 0.2) is 28.0 Å². The quantitative estimate of drug-likeness (QED) is 0.0173. The van der Waals surface area contributed by atoms with Crippen LogP contribution in [0.5, 0.6) is 0 Å². The van der Waals surface area contributed by atoms with Crippen molar-refractivity contribution in [3.05, 3.63) is 131 Å². The summed E-state index contributed by atoms with van der Waals surface area (Å²) in [5.74, 6) is -1.68. The number of benzene rings is 2. The van der Waals surface area contributed by atoms with Crippen LogP contribution < -0.4 is 36.0 Å². The number of rotatable bonds is 28. The molecule has 0 unspecified atom stereocenters. The highest BCUT2D eigenvalue weighted by molar-refractivity contribution is 6.33. The molecule has 0 aliphatic carbocycles. The van der Waals surface area contributed by atoms with Gasteiger partial charge in [-0.15, -0.1) is 12.4 Å². The number of aromatic amines is 2. The van der Waals surface area contributed by atoms with Crippen LogP contribution in [0, 0.1) is 11.8 Å². The van der Waals surface area contributed by atoms with Gasteiger partial charge in [-0.25, -0.2) is 49.8 Å². The number of fused-ring (bicyclic) bond motifs is 2. The third kappa shape index (κ3) is 24.2. The molecule has 0 bridgehead atoms. The van der Waals surface area contributed by atoms with Gasteiger partial charge >= 0.3 is 24.7 Å². The normalized spacial score (nSPS) is 16.7. The Morgan fingerprint density at radius 3 is 1.32 bits per heavy atom. The van der Waals surface area contributed by atoms with Crippen molar-refractivity contribution in [2.24, 2.45) is 17.6 Å². The van der Waals surface area contributed by atoms with Crippen molar-refractivity contribution in [2.75, 3.05) is 78.5 Å². The lowest BCUT2D eigenvalue weighted by molar-refractivity contribution is -0.145. The first-order valence-corrected chi connectivity index (χ1v) is 36.9. The maximum atomic E-state index is 14.0. The molecule has 23 nitrogen and oxygen atoms in total. The van der Waals surface area contributed by atoms with E-state index < -0.39 is 59.6 Å². The summed E-state index contributed by atoms with van der Waals surface area (Å²) < 4.78 is 161. The van der Waals surface area contributed by atoms with Crippen LogP contribution in [0.3, 0.4) is 0 Å². The fraction of sp³-hybridized carbons (Fsp3) is 0.534. The molecule has 0 saturated carbocycles. The number of carbonyl (C=O) groups is 4. The van der Waals surface area contributed by atoms with E-state index in [4.69, 9.17) is 17.3 Å². The molecule has 37 heteroatoms. The zero-order valence-corrected chi connectivity index (χ0v) is 61.7. The minimum absolute atomic E-state index is 0. The lowest BCUT2D eigenvalue weighted by Crippen LogP contribution is -2.38. The minimum atomic E-state index is -4.79. The van der Waals surface area contributed by atoms with Crippen LogP contribution >= 0.6 is 24.0 Å². The van der Waals surface area contributed by atoms with Gasteiger partial charge in [0.05, 0.1) is 41.6 Å². The van der Waals surface area contributed by atoms with Gasteiger partial charge in [-0.3, -0.25) is 19.2 Å². The molecule has 2 aromatic carbocycles. The molecule has 2 amide bonds. The second-order valence-corrected chi connectivity index (χ2v) is 27.8. The summed E-state index contributed by atoms with van der Waals surface area (Å²) >= 11 is 5.68. The number of H-pyrrole nitrogens is 2. The zero-order chi connectivity index (χ0) is 77.9. The van der Waals surface area contributed by atoms with E-state index in [-0.39, 0.29) is 71.9 Å². The molecule has 110 heavy (non-hydrogen) atoms. The average molecular weight is 1590 g/mol. The topological polar surface area (TPSA) is 292 Å². The molecule has 8 aromatic rings. The van der Waals surface area contributed by atoms with E-state index in [1.54, 1.807) is 16.1 Å². The molecule has 4 saturated heterocycles. The Bertz CT molecular complexity index is 4290. The van der Waals surface area contributed by atoms with Crippen molar-refractivity contribution in [1.29, 1.82) is 0 Å². The smallest absolute Gasteiger partial charge is 0.356 e. The molecule has 6 aromatic heterocycles. The Kier molecular flexibility index (Phi) is 30.2. The molecule has 596 valence electrons. The molecular formula is C73H87Cl2F12N19O4. The number of aryl methyl sites for hydroxylation is 3. The summed E-state index contributed by atoms with van der Waals surface area (Å²) in [6.45, 7) is 4.14. The van der Waals surface area contributed by atoms with Crippen molar-refractivity contribution in [3.8, 4) is 0 Å². The van der Waals surface area contributed by atoms with Gasteiger partial charge < -0.3 is 45.9 Å². The first-order valence-electron chi connectivity index (χ1n) is 36.6. The van der Waals surface area contributed by atoms with Gasteiger partial charge in [0.1, 0.15) is 47.0 Å². The van der Waals surface area contributed by atoms with Crippen molar-refractivity contribution in [1.82, 2.24) is 70.4 Å². The number of amides is 2. The summed E-state index contributed by atoms with van der Waals surface area (Å²) in [5, 5.41) is 6.11. The van der Waals surface area contributed by atoms with E-state index >= 15 is 0 Å². The summed E-state index contributed by atoms with van der Waals surface area (Å²) in [4.78, 5) is 103. The number of nitrogens with one attached hydrogen (secondary N) is 4. The van der Waals surface area contributed by atoms with Crippen molar-refractivity contribution in [3.63, 3.8) is 0 Å². The molecular weight excluding hydrogens is 1510 g/mol. The predicted molar refractivity (Wildman–Crippen MR) is 390 cm³/mol.